The molecule has 1 aromatic carbocycles. The van der Waals surface area contributed by atoms with Gasteiger partial charge < -0.3 is 20.0 Å². The molecule has 0 saturated heterocycles. The van der Waals surface area contributed by atoms with Gasteiger partial charge in [0, 0.05) is 18.4 Å². The van der Waals surface area contributed by atoms with Crippen molar-refractivity contribution in [3.63, 3.8) is 0 Å². The number of carbonyl (C=O) groups excluding carboxylic acids is 2. The summed E-state index contributed by atoms with van der Waals surface area (Å²) in [7, 11) is 0. The molecule has 0 aliphatic carbocycles. The van der Waals surface area contributed by atoms with Crippen LogP contribution in [0, 0.1) is 11.3 Å². The molecule has 2 rings (SSSR count). The summed E-state index contributed by atoms with van der Waals surface area (Å²) in [6.45, 7) is 3.45. The SMILES string of the molecule is CC1(C)Oc2ccc(C#N)cc2[C@H](NC(=O)CCC=O)[C@H]1O. The zero-order chi connectivity index (χ0) is 16.3. The summed E-state index contributed by atoms with van der Waals surface area (Å²) < 4.78 is 5.76. The number of nitriles is 1. The summed E-state index contributed by atoms with van der Waals surface area (Å²) >= 11 is 0. The van der Waals surface area contributed by atoms with E-state index in [1.807, 2.05) is 6.07 Å². The number of aliphatic hydroxyl groups excluding tert-OH is 1. The van der Waals surface area contributed by atoms with Gasteiger partial charge in [0.2, 0.25) is 5.91 Å². The topological polar surface area (TPSA) is 99.4 Å². The first-order chi connectivity index (χ1) is 10.4. The third-order valence-corrected chi connectivity index (χ3v) is 3.68. The number of nitrogens with zero attached hydrogens (tertiary/aromatic N) is 1. The minimum absolute atomic E-state index is 0.0568. The monoisotopic (exact) mass is 302 g/mol. The van der Waals surface area contributed by atoms with Crippen LogP contribution in [0.3, 0.4) is 0 Å². The van der Waals surface area contributed by atoms with E-state index in [0.29, 0.717) is 23.2 Å². The summed E-state index contributed by atoms with van der Waals surface area (Å²) in [5, 5.41) is 22.2. The van der Waals surface area contributed by atoms with Gasteiger partial charge >= 0.3 is 0 Å². The number of carbonyl (C=O) groups is 2. The maximum absolute atomic E-state index is 11.9. The lowest BCUT2D eigenvalue weighted by Crippen LogP contribution is -2.53. The normalized spacial score (nSPS) is 21.9. The van der Waals surface area contributed by atoms with Gasteiger partial charge in [0.25, 0.3) is 0 Å². The summed E-state index contributed by atoms with van der Waals surface area (Å²) in [6, 6.07) is 6.21. The maximum Gasteiger partial charge on any atom is 0.221 e. The van der Waals surface area contributed by atoms with Crippen LogP contribution in [0.25, 0.3) is 0 Å². The molecule has 6 heteroatoms. The molecule has 1 heterocycles. The molecule has 0 spiro atoms. The molecule has 6 nitrogen and oxygen atoms in total. The van der Waals surface area contributed by atoms with Crippen LogP contribution in [0.2, 0.25) is 0 Å². The second kappa shape index (κ2) is 6.16. The number of hydrogen-bond acceptors (Lipinski definition) is 5. The Morgan fingerprint density at radius 1 is 1.55 bits per heavy atom. The quantitative estimate of drug-likeness (QED) is 0.815. The predicted octanol–water partition coefficient (Wildman–Crippen LogP) is 1.23. The van der Waals surface area contributed by atoms with Crippen molar-refractivity contribution in [3.8, 4) is 11.8 Å². The molecule has 2 atom stereocenters. The molecule has 0 radical (unpaired) electrons. The fourth-order valence-corrected chi connectivity index (χ4v) is 2.46. The van der Waals surface area contributed by atoms with Crippen molar-refractivity contribution in [2.24, 2.45) is 0 Å². The lowest BCUT2D eigenvalue weighted by molar-refractivity contribution is -0.126. The smallest absolute Gasteiger partial charge is 0.221 e. The van der Waals surface area contributed by atoms with Crippen LogP contribution in [0.15, 0.2) is 18.2 Å². The van der Waals surface area contributed by atoms with Gasteiger partial charge in [-0.2, -0.15) is 5.26 Å². The Bertz CT molecular complexity index is 634. The highest BCUT2D eigenvalue weighted by Gasteiger charge is 2.43. The molecule has 1 aliphatic rings. The van der Waals surface area contributed by atoms with E-state index in [4.69, 9.17) is 10.00 Å². The average Bonchev–Trinajstić information content (AvgIpc) is 2.49. The van der Waals surface area contributed by atoms with Crippen LogP contribution in [0.1, 0.15) is 43.9 Å². The van der Waals surface area contributed by atoms with E-state index < -0.39 is 17.7 Å². The Labute approximate surface area is 128 Å². The molecule has 0 bridgehead atoms. The van der Waals surface area contributed by atoms with Gasteiger partial charge in [-0.05, 0) is 32.0 Å². The molecule has 116 valence electrons. The molecule has 1 aromatic rings. The second-order valence-electron chi connectivity index (χ2n) is 5.77. The van der Waals surface area contributed by atoms with Gasteiger partial charge in [-0.15, -0.1) is 0 Å². The van der Waals surface area contributed by atoms with E-state index in [0.717, 1.165) is 0 Å². The van der Waals surface area contributed by atoms with E-state index in [1.54, 1.807) is 32.0 Å². The maximum atomic E-state index is 11.9. The van der Waals surface area contributed by atoms with Gasteiger partial charge in [-0.1, -0.05) is 0 Å². The molecule has 0 aromatic heterocycles. The van der Waals surface area contributed by atoms with Crippen molar-refractivity contribution in [2.45, 2.75) is 44.4 Å². The molecule has 0 saturated carbocycles. The van der Waals surface area contributed by atoms with Crippen molar-refractivity contribution < 1.29 is 19.4 Å². The van der Waals surface area contributed by atoms with Crippen LogP contribution < -0.4 is 10.1 Å². The van der Waals surface area contributed by atoms with Crippen LogP contribution >= 0.6 is 0 Å². The number of rotatable bonds is 4. The van der Waals surface area contributed by atoms with E-state index >= 15 is 0 Å². The minimum Gasteiger partial charge on any atom is -0.485 e. The van der Waals surface area contributed by atoms with Gasteiger partial charge in [0.15, 0.2) is 0 Å². The molecule has 2 N–H and O–H groups in total. The van der Waals surface area contributed by atoms with E-state index in [9.17, 15) is 14.7 Å². The number of amides is 1. The molecule has 0 fully saturated rings. The molecular formula is C16H18N2O4. The highest BCUT2D eigenvalue weighted by molar-refractivity contribution is 5.78. The molecule has 22 heavy (non-hydrogen) atoms. The number of fused-ring (bicyclic) bond motifs is 1. The second-order valence-corrected chi connectivity index (χ2v) is 5.77. The number of hydrogen-bond donors (Lipinski definition) is 2. The standard InChI is InChI=1S/C16H18N2O4/c1-16(2)15(21)14(18-13(20)4-3-7-19)11-8-10(9-17)5-6-12(11)22-16/h5-8,14-15,21H,3-4H2,1-2H3,(H,18,20)/t14-,15+/m0/s1. The van der Waals surface area contributed by atoms with Crippen LogP contribution in [0.5, 0.6) is 5.75 Å². The van der Waals surface area contributed by atoms with Crippen LogP contribution in [-0.2, 0) is 9.59 Å². The molecule has 1 aliphatic heterocycles. The fraction of sp³-hybridized carbons (Fsp3) is 0.438. The Kier molecular flexibility index (Phi) is 4.48. The predicted molar refractivity (Wildman–Crippen MR) is 78.1 cm³/mol. The van der Waals surface area contributed by atoms with Gasteiger partial charge in [0.1, 0.15) is 23.7 Å². The Morgan fingerprint density at radius 3 is 2.91 bits per heavy atom. The van der Waals surface area contributed by atoms with Crippen molar-refractivity contribution in [1.29, 1.82) is 5.26 Å². The molecule has 0 unspecified atom stereocenters. The summed E-state index contributed by atoms with van der Waals surface area (Å²) in [5.74, 6) is 0.192. The lowest BCUT2D eigenvalue weighted by Gasteiger charge is -2.42. The third kappa shape index (κ3) is 3.10. The van der Waals surface area contributed by atoms with E-state index in [-0.39, 0.29) is 18.7 Å². The Balaban J connectivity index is 2.36. The Morgan fingerprint density at radius 2 is 2.27 bits per heavy atom. The molecule has 1 amide bonds. The van der Waals surface area contributed by atoms with Crippen molar-refractivity contribution in [2.75, 3.05) is 0 Å². The van der Waals surface area contributed by atoms with Gasteiger partial charge in [0.05, 0.1) is 17.7 Å². The summed E-state index contributed by atoms with van der Waals surface area (Å²) in [6.07, 6.45) is -0.124. The van der Waals surface area contributed by atoms with Crippen molar-refractivity contribution >= 4 is 12.2 Å². The zero-order valence-electron chi connectivity index (χ0n) is 12.5. The number of aliphatic hydroxyl groups is 1. The lowest BCUT2D eigenvalue weighted by atomic mass is 9.86. The van der Waals surface area contributed by atoms with Gasteiger partial charge in [-0.3, -0.25) is 4.79 Å². The van der Waals surface area contributed by atoms with Crippen molar-refractivity contribution in [1.82, 2.24) is 5.32 Å². The summed E-state index contributed by atoms with van der Waals surface area (Å²) in [5.41, 5.74) is 0.0933. The third-order valence-electron chi connectivity index (χ3n) is 3.68. The number of ether oxygens (including phenoxy) is 1. The highest BCUT2D eigenvalue weighted by atomic mass is 16.5. The number of benzene rings is 1. The Hall–Kier alpha value is -2.39. The summed E-state index contributed by atoms with van der Waals surface area (Å²) in [4.78, 5) is 22.3. The number of aldehydes is 1. The number of nitrogens with one attached hydrogen (secondary N) is 1. The van der Waals surface area contributed by atoms with E-state index in [1.165, 1.54) is 0 Å². The molecular weight excluding hydrogens is 284 g/mol. The first kappa shape index (κ1) is 16.0. The van der Waals surface area contributed by atoms with Crippen LogP contribution in [0.4, 0.5) is 0 Å². The fourth-order valence-electron chi connectivity index (χ4n) is 2.46. The largest absolute Gasteiger partial charge is 0.485 e. The first-order valence-corrected chi connectivity index (χ1v) is 7.03. The highest BCUT2D eigenvalue weighted by Crippen LogP contribution is 2.40. The first-order valence-electron chi connectivity index (χ1n) is 7.03. The van der Waals surface area contributed by atoms with Crippen molar-refractivity contribution in [3.05, 3.63) is 29.3 Å². The minimum atomic E-state index is -0.978. The average molecular weight is 302 g/mol. The van der Waals surface area contributed by atoms with E-state index in [2.05, 4.69) is 5.32 Å². The van der Waals surface area contributed by atoms with Crippen LogP contribution in [-0.4, -0.2) is 29.0 Å². The zero-order valence-corrected chi connectivity index (χ0v) is 12.5. The van der Waals surface area contributed by atoms with Gasteiger partial charge in [-0.25, -0.2) is 0 Å².